The summed E-state index contributed by atoms with van der Waals surface area (Å²) in [5.41, 5.74) is 2.16. The normalized spacial score (nSPS) is 10.6. The zero-order valence-corrected chi connectivity index (χ0v) is 16.1. The molecule has 8 heteroatoms. The minimum atomic E-state index is -0.487. The van der Waals surface area contributed by atoms with Crippen molar-refractivity contribution in [1.82, 2.24) is 9.97 Å². The van der Waals surface area contributed by atoms with E-state index in [9.17, 15) is 4.79 Å². The average molecular weight is 382 g/mol. The highest BCUT2D eigenvalue weighted by Crippen LogP contribution is 2.34. The van der Waals surface area contributed by atoms with Crippen molar-refractivity contribution in [3.63, 3.8) is 0 Å². The molecule has 0 saturated heterocycles. The molecule has 8 nitrogen and oxygen atoms in total. The third-order valence-corrected chi connectivity index (χ3v) is 3.88. The van der Waals surface area contributed by atoms with E-state index in [0.717, 1.165) is 16.6 Å². The van der Waals surface area contributed by atoms with Crippen LogP contribution in [0, 0.1) is 0 Å². The molecule has 0 unspecified atom stereocenters. The summed E-state index contributed by atoms with van der Waals surface area (Å²) in [6, 6.07) is 10.8. The van der Waals surface area contributed by atoms with Gasteiger partial charge in [-0.05, 0) is 44.2 Å². The lowest BCUT2D eigenvalue weighted by Gasteiger charge is -2.13. The van der Waals surface area contributed by atoms with Crippen molar-refractivity contribution in [2.75, 3.05) is 24.9 Å². The van der Waals surface area contributed by atoms with Crippen LogP contribution in [-0.2, 0) is 4.74 Å². The van der Waals surface area contributed by atoms with E-state index < -0.39 is 6.09 Å². The maximum Gasteiger partial charge on any atom is 0.411 e. The van der Waals surface area contributed by atoms with E-state index in [1.807, 2.05) is 18.2 Å². The summed E-state index contributed by atoms with van der Waals surface area (Å²) in [4.78, 5) is 20.3. The number of aromatic nitrogens is 2. The molecule has 0 aliphatic carbocycles. The average Bonchev–Trinajstić information content (AvgIpc) is 2.68. The van der Waals surface area contributed by atoms with E-state index >= 15 is 0 Å². The van der Waals surface area contributed by atoms with Gasteiger partial charge in [-0.3, -0.25) is 5.32 Å². The first-order valence-electron chi connectivity index (χ1n) is 8.71. The summed E-state index contributed by atoms with van der Waals surface area (Å²) in [5, 5.41) is 6.73. The van der Waals surface area contributed by atoms with Gasteiger partial charge < -0.3 is 19.5 Å². The van der Waals surface area contributed by atoms with E-state index in [2.05, 4.69) is 20.6 Å². The number of carbonyl (C=O) groups is 1. The van der Waals surface area contributed by atoms with E-state index in [1.54, 1.807) is 46.3 Å². The van der Waals surface area contributed by atoms with Crippen LogP contribution in [0.3, 0.4) is 0 Å². The van der Waals surface area contributed by atoms with Gasteiger partial charge in [0.05, 0.1) is 25.8 Å². The van der Waals surface area contributed by atoms with Gasteiger partial charge in [-0.1, -0.05) is 0 Å². The minimum Gasteiger partial charge on any atom is -0.493 e. The Morgan fingerprint density at radius 3 is 2.25 bits per heavy atom. The largest absolute Gasteiger partial charge is 0.493 e. The molecule has 28 heavy (non-hydrogen) atoms. The van der Waals surface area contributed by atoms with Crippen molar-refractivity contribution in [1.29, 1.82) is 0 Å². The van der Waals surface area contributed by atoms with Crippen molar-refractivity contribution in [2.24, 2.45) is 0 Å². The number of rotatable bonds is 6. The number of methoxy groups -OCH3 is 2. The third-order valence-electron chi connectivity index (χ3n) is 3.88. The molecule has 0 aliphatic rings. The Hall–Kier alpha value is -3.55. The number of hydrogen-bond acceptors (Lipinski definition) is 7. The van der Waals surface area contributed by atoms with Crippen LogP contribution in [0.1, 0.15) is 13.8 Å². The number of nitrogens with one attached hydrogen (secondary N) is 2. The van der Waals surface area contributed by atoms with Crippen molar-refractivity contribution >= 4 is 34.2 Å². The van der Waals surface area contributed by atoms with Gasteiger partial charge >= 0.3 is 6.09 Å². The van der Waals surface area contributed by atoms with E-state index in [-0.39, 0.29) is 6.10 Å². The van der Waals surface area contributed by atoms with E-state index in [4.69, 9.17) is 14.2 Å². The van der Waals surface area contributed by atoms with E-state index in [1.165, 1.54) is 6.33 Å². The summed E-state index contributed by atoms with van der Waals surface area (Å²) >= 11 is 0. The van der Waals surface area contributed by atoms with Gasteiger partial charge in [0.1, 0.15) is 12.1 Å². The van der Waals surface area contributed by atoms with Crippen LogP contribution in [0.5, 0.6) is 11.5 Å². The summed E-state index contributed by atoms with van der Waals surface area (Å²) in [5.74, 6) is 1.82. The first-order chi connectivity index (χ1) is 13.5. The lowest BCUT2D eigenvalue weighted by atomic mass is 10.2. The molecule has 0 bridgehead atoms. The van der Waals surface area contributed by atoms with Gasteiger partial charge in [-0.25, -0.2) is 14.8 Å². The molecule has 2 N–H and O–H groups in total. The van der Waals surface area contributed by atoms with Crippen LogP contribution in [0.25, 0.3) is 10.9 Å². The number of anilines is 3. The molecule has 2 aromatic carbocycles. The number of ether oxygens (including phenoxy) is 3. The molecular formula is C20H22N4O4. The SMILES string of the molecule is COc1cc2ncnc(Nc3ccc(NC(=O)OC(C)C)cc3)c2cc1OC. The standard InChI is InChI=1S/C20H22N4O4/c1-12(2)28-20(25)24-14-7-5-13(6-8-14)23-19-15-9-17(26-3)18(27-4)10-16(15)21-11-22-19/h5-12H,1-4H3,(H,24,25)(H,21,22,23). The molecule has 0 aliphatic heterocycles. The first-order valence-corrected chi connectivity index (χ1v) is 8.71. The van der Waals surface area contributed by atoms with Gasteiger partial charge in [-0.15, -0.1) is 0 Å². The maximum absolute atomic E-state index is 11.7. The molecule has 0 radical (unpaired) electrons. The second kappa shape index (κ2) is 8.43. The molecule has 3 rings (SSSR count). The molecule has 0 atom stereocenters. The van der Waals surface area contributed by atoms with Crippen LogP contribution in [-0.4, -0.2) is 36.4 Å². The smallest absolute Gasteiger partial charge is 0.411 e. The lowest BCUT2D eigenvalue weighted by molar-refractivity contribution is 0.130. The van der Waals surface area contributed by atoms with Gasteiger partial charge in [0.2, 0.25) is 0 Å². The van der Waals surface area contributed by atoms with Crippen LogP contribution >= 0.6 is 0 Å². The number of amides is 1. The molecule has 3 aromatic rings. The van der Waals surface area contributed by atoms with Crippen LogP contribution < -0.4 is 20.1 Å². The van der Waals surface area contributed by atoms with Crippen LogP contribution in [0.15, 0.2) is 42.7 Å². The highest BCUT2D eigenvalue weighted by molar-refractivity contribution is 5.93. The Morgan fingerprint density at radius 2 is 1.61 bits per heavy atom. The lowest BCUT2D eigenvalue weighted by Crippen LogP contribution is -2.17. The molecule has 1 heterocycles. The van der Waals surface area contributed by atoms with Crippen LogP contribution in [0.4, 0.5) is 22.0 Å². The minimum absolute atomic E-state index is 0.178. The molecule has 1 amide bonds. The number of carbonyl (C=O) groups excluding carboxylic acids is 1. The first kappa shape index (κ1) is 19.2. The topological polar surface area (TPSA) is 94.6 Å². The van der Waals surface area contributed by atoms with E-state index in [0.29, 0.717) is 23.0 Å². The van der Waals surface area contributed by atoms with Crippen molar-refractivity contribution in [3.05, 3.63) is 42.7 Å². The summed E-state index contributed by atoms with van der Waals surface area (Å²) in [7, 11) is 3.16. The van der Waals surface area contributed by atoms with Crippen molar-refractivity contribution < 1.29 is 19.0 Å². The highest BCUT2D eigenvalue weighted by atomic mass is 16.6. The number of benzene rings is 2. The number of nitrogens with zero attached hydrogens (tertiary/aromatic N) is 2. The quantitative estimate of drug-likeness (QED) is 0.654. The van der Waals surface area contributed by atoms with Crippen molar-refractivity contribution in [3.8, 4) is 11.5 Å². The molecule has 0 spiro atoms. The fraction of sp³-hybridized carbons (Fsp3) is 0.250. The Labute approximate surface area is 162 Å². The Kier molecular flexibility index (Phi) is 5.78. The Bertz CT molecular complexity index is 974. The molecule has 146 valence electrons. The Balaban J connectivity index is 1.81. The predicted octanol–water partition coefficient (Wildman–Crippen LogP) is 4.35. The molecular weight excluding hydrogens is 360 g/mol. The summed E-state index contributed by atoms with van der Waals surface area (Å²) in [6.45, 7) is 3.59. The number of hydrogen-bond donors (Lipinski definition) is 2. The zero-order chi connectivity index (χ0) is 20.1. The monoisotopic (exact) mass is 382 g/mol. The summed E-state index contributed by atoms with van der Waals surface area (Å²) in [6.07, 6.45) is 0.815. The second-order valence-electron chi connectivity index (χ2n) is 6.23. The Morgan fingerprint density at radius 1 is 0.964 bits per heavy atom. The van der Waals surface area contributed by atoms with Gasteiger partial charge in [-0.2, -0.15) is 0 Å². The fourth-order valence-corrected chi connectivity index (χ4v) is 2.62. The predicted molar refractivity (Wildman–Crippen MR) is 108 cm³/mol. The van der Waals surface area contributed by atoms with Crippen molar-refractivity contribution in [2.45, 2.75) is 20.0 Å². The number of fused-ring (bicyclic) bond motifs is 1. The highest BCUT2D eigenvalue weighted by Gasteiger charge is 2.11. The molecule has 0 saturated carbocycles. The maximum atomic E-state index is 11.7. The third kappa shape index (κ3) is 4.40. The van der Waals surface area contributed by atoms with Gasteiger partial charge in [0.25, 0.3) is 0 Å². The fourth-order valence-electron chi connectivity index (χ4n) is 2.62. The van der Waals surface area contributed by atoms with Crippen LogP contribution in [0.2, 0.25) is 0 Å². The van der Waals surface area contributed by atoms with Gasteiger partial charge in [0, 0.05) is 22.8 Å². The van der Waals surface area contributed by atoms with Gasteiger partial charge in [0.15, 0.2) is 11.5 Å². The second-order valence-corrected chi connectivity index (χ2v) is 6.23. The molecule has 1 aromatic heterocycles. The molecule has 0 fully saturated rings. The zero-order valence-electron chi connectivity index (χ0n) is 16.1. The summed E-state index contributed by atoms with van der Waals surface area (Å²) < 4.78 is 15.8.